The number of likely N-dealkylation sites (N-methyl/N-ethyl adjacent to an activating group) is 2. The van der Waals surface area contributed by atoms with Crippen molar-refractivity contribution >= 4 is 11.6 Å². The third-order valence-electron chi connectivity index (χ3n) is 2.41. The summed E-state index contributed by atoms with van der Waals surface area (Å²) >= 11 is 0. The van der Waals surface area contributed by atoms with Gasteiger partial charge in [0.15, 0.2) is 0 Å². The molecule has 94 valence electrons. The summed E-state index contributed by atoms with van der Waals surface area (Å²) in [7, 11) is 0. The van der Waals surface area contributed by atoms with Gasteiger partial charge >= 0.3 is 0 Å². The first kappa shape index (κ1) is 13.4. The highest BCUT2D eigenvalue weighted by molar-refractivity contribution is 5.77. The number of rotatable bonds is 6. The van der Waals surface area contributed by atoms with Crippen LogP contribution in [0.3, 0.4) is 0 Å². The monoisotopic (exact) mass is 236 g/mol. The second-order valence-electron chi connectivity index (χ2n) is 3.84. The molecule has 0 saturated heterocycles. The van der Waals surface area contributed by atoms with Gasteiger partial charge in [0.1, 0.15) is 0 Å². The van der Waals surface area contributed by atoms with Gasteiger partial charge < -0.3 is 11.1 Å². The molecule has 1 heterocycles. The Labute approximate surface area is 102 Å². The smallest absolute Gasteiger partial charge is 0.234 e. The Balaban J connectivity index is 2.54. The van der Waals surface area contributed by atoms with Crippen LogP contribution >= 0.6 is 0 Å². The van der Waals surface area contributed by atoms with Crippen molar-refractivity contribution in [1.82, 2.24) is 15.2 Å². The molecule has 0 saturated carbocycles. The minimum absolute atomic E-state index is 0.0400. The van der Waals surface area contributed by atoms with Crippen molar-refractivity contribution in [2.45, 2.75) is 20.4 Å². The lowest BCUT2D eigenvalue weighted by Gasteiger charge is -2.19. The first-order valence-electron chi connectivity index (χ1n) is 5.85. The minimum atomic E-state index is 0.0400. The molecular weight excluding hydrogens is 216 g/mol. The molecule has 0 radical (unpaired) electrons. The van der Waals surface area contributed by atoms with Gasteiger partial charge in [0.25, 0.3) is 0 Å². The summed E-state index contributed by atoms with van der Waals surface area (Å²) in [5.74, 6) is 0.0400. The van der Waals surface area contributed by atoms with Crippen LogP contribution in [0.15, 0.2) is 18.3 Å². The maximum Gasteiger partial charge on any atom is 0.234 e. The zero-order valence-electron chi connectivity index (χ0n) is 10.4. The van der Waals surface area contributed by atoms with Gasteiger partial charge in [0.2, 0.25) is 5.91 Å². The van der Waals surface area contributed by atoms with Crippen LogP contribution in [0.1, 0.15) is 19.5 Å². The number of anilines is 1. The van der Waals surface area contributed by atoms with E-state index in [2.05, 4.69) is 10.3 Å². The summed E-state index contributed by atoms with van der Waals surface area (Å²) in [5.41, 5.74) is 7.27. The predicted molar refractivity (Wildman–Crippen MR) is 68.3 cm³/mol. The van der Waals surface area contributed by atoms with E-state index < -0.39 is 0 Å². The summed E-state index contributed by atoms with van der Waals surface area (Å²) in [6.45, 7) is 6.42. The van der Waals surface area contributed by atoms with Gasteiger partial charge in [-0.3, -0.25) is 14.7 Å². The maximum absolute atomic E-state index is 11.5. The number of nitrogens with one attached hydrogen (secondary N) is 1. The van der Waals surface area contributed by atoms with Gasteiger partial charge in [-0.05, 0) is 25.6 Å². The first-order valence-corrected chi connectivity index (χ1v) is 5.85. The van der Waals surface area contributed by atoms with E-state index in [0.29, 0.717) is 25.3 Å². The maximum atomic E-state index is 11.5. The van der Waals surface area contributed by atoms with Crippen molar-refractivity contribution < 1.29 is 4.79 Å². The fraction of sp³-hybridized carbons (Fsp3) is 0.500. The van der Waals surface area contributed by atoms with E-state index >= 15 is 0 Å². The molecule has 0 bridgehead atoms. The molecule has 0 unspecified atom stereocenters. The van der Waals surface area contributed by atoms with Gasteiger partial charge in [-0.15, -0.1) is 0 Å². The fourth-order valence-electron chi connectivity index (χ4n) is 1.55. The molecule has 0 aliphatic rings. The van der Waals surface area contributed by atoms with E-state index in [1.54, 1.807) is 12.3 Å². The van der Waals surface area contributed by atoms with Crippen molar-refractivity contribution in [2.24, 2.45) is 0 Å². The average molecular weight is 236 g/mol. The van der Waals surface area contributed by atoms with Crippen LogP contribution in [0.2, 0.25) is 0 Å². The Hall–Kier alpha value is -1.62. The van der Waals surface area contributed by atoms with Gasteiger partial charge in [0, 0.05) is 25.0 Å². The van der Waals surface area contributed by atoms with E-state index in [4.69, 9.17) is 5.73 Å². The molecule has 1 aromatic rings. The standard InChI is InChI=1S/C12H20N4O/c1-3-14-12(17)9-16(4-2)8-11-7-10(13)5-6-15-11/h5-7H,3-4,8-9H2,1-2H3,(H2,13,15)(H,14,17). The molecule has 1 amide bonds. The van der Waals surface area contributed by atoms with Crippen LogP contribution in [-0.4, -0.2) is 35.4 Å². The molecule has 17 heavy (non-hydrogen) atoms. The molecule has 0 aliphatic carbocycles. The fourth-order valence-corrected chi connectivity index (χ4v) is 1.55. The molecule has 3 N–H and O–H groups in total. The Morgan fingerprint density at radius 2 is 2.29 bits per heavy atom. The van der Waals surface area contributed by atoms with Crippen LogP contribution in [0.4, 0.5) is 5.69 Å². The molecule has 0 aliphatic heterocycles. The number of nitrogens with two attached hydrogens (primary N) is 1. The van der Waals surface area contributed by atoms with Crippen molar-refractivity contribution in [2.75, 3.05) is 25.4 Å². The highest BCUT2D eigenvalue weighted by Gasteiger charge is 2.09. The number of pyridine rings is 1. The van der Waals surface area contributed by atoms with Crippen molar-refractivity contribution in [3.63, 3.8) is 0 Å². The molecule has 0 aromatic carbocycles. The first-order chi connectivity index (χ1) is 8.15. The van der Waals surface area contributed by atoms with Gasteiger partial charge in [-0.1, -0.05) is 6.92 Å². The van der Waals surface area contributed by atoms with Gasteiger partial charge in [-0.2, -0.15) is 0 Å². The quantitative estimate of drug-likeness (QED) is 0.759. The van der Waals surface area contributed by atoms with Crippen LogP contribution in [0, 0.1) is 0 Å². The molecular formula is C12H20N4O. The van der Waals surface area contributed by atoms with Crippen molar-refractivity contribution in [1.29, 1.82) is 0 Å². The van der Waals surface area contributed by atoms with Crippen LogP contribution < -0.4 is 11.1 Å². The zero-order valence-corrected chi connectivity index (χ0v) is 10.4. The number of aromatic nitrogens is 1. The predicted octanol–water partition coefficient (Wildman–Crippen LogP) is 0.622. The molecule has 0 spiro atoms. The minimum Gasteiger partial charge on any atom is -0.399 e. The second-order valence-corrected chi connectivity index (χ2v) is 3.84. The Morgan fingerprint density at radius 3 is 2.88 bits per heavy atom. The third kappa shape index (κ3) is 4.82. The van der Waals surface area contributed by atoms with Crippen molar-refractivity contribution in [3.8, 4) is 0 Å². The largest absolute Gasteiger partial charge is 0.399 e. The number of carbonyl (C=O) groups excluding carboxylic acids is 1. The number of amides is 1. The summed E-state index contributed by atoms with van der Waals surface area (Å²) in [4.78, 5) is 17.7. The van der Waals surface area contributed by atoms with E-state index in [1.165, 1.54) is 0 Å². The van der Waals surface area contributed by atoms with E-state index in [-0.39, 0.29) is 5.91 Å². The highest BCUT2D eigenvalue weighted by Crippen LogP contribution is 2.06. The van der Waals surface area contributed by atoms with Gasteiger partial charge in [-0.25, -0.2) is 0 Å². The Bertz CT molecular complexity index is 367. The second kappa shape index (κ2) is 6.85. The molecule has 1 aromatic heterocycles. The number of carbonyl (C=O) groups is 1. The summed E-state index contributed by atoms with van der Waals surface area (Å²) in [6, 6.07) is 3.59. The van der Waals surface area contributed by atoms with Gasteiger partial charge in [0.05, 0.1) is 12.2 Å². The average Bonchev–Trinajstić information content (AvgIpc) is 2.28. The topological polar surface area (TPSA) is 71.2 Å². The zero-order chi connectivity index (χ0) is 12.7. The lowest BCUT2D eigenvalue weighted by molar-refractivity contribution is -0.122. The van der Waals surface area contributed by atoms with E-state index in [9.17, 15) is 4.79 Å². The van der Waals surface area contributed by atoms with Crippen molar-refractivity contribution in [3.05, 3.63) is 24.0 Å². The van der Waals surface area contributed by atoms with Crippen LogP contribution in [-0.2, 0) is 11.3 Å². The molecule has 1 rings (SSSR count). The number of nitrogens with zero attached hydrogens (tertiary/aromatic N) is 2. The summed E-state index contributed by atoms with van der Waals surface area (Å²) < 4.78 is 0. The molecule has 5 nitrogen and oxygen atoms in total. The molecule has 0 fully saturated rings. The normalized spacial score (nSPS) is 10.5. The molecule has 5 heteroatoms. The number of hydrogen-bond donors (Lipinski definition) is 2. The Kier molecular flexibility index (Phi) is 5.42. The lowest BCUT2D eigenvalue weighted by atomic mass is 10.3. The highest BCUT2D eigenvalue weighted by atomic mass is 16.2. The van der Waals surface area contributed by atoms with E-state index in [1.807, 2.05) is 24.8 Å². The lowest BCUT2D eigenvalue weighted by Crippen LogP contribution is -2.36. The summed E-state index contributed by atoms with van der Waals surface area (Å²) in [5, 5.41) is 2.78. The molecule has 0 atom stereocenters. The SMILES string of the molecule is CCNC(=O)CN(CC)Cc1cc(N)ccn1. The van der Waals surface area contributed by atoms with Crippen LogP contribution in [0.5, 0.6) is 0 Å². The Morgan fingerprint density at radius 1 is 1.53 bits per heavy atom. The number of hydrogen-bond acceptors (Lipinski definition) is 4. The van der Waals surface area contributed by atoms with E-state index in [0.717, 1.165) is 12.2 Å². The van der Waals surface area contributed by atoms with Crippen LogP contribution in [0.25, 0.3) is 0 Å². The third-order valence-corrected chi connectivity index (χ3v) is 2.41. The summed E-state index contributed by atoms with van der Waals surface area (Å²) in [6.07, 6.45) is 1.69. The number of nitrogen functional groups attached to an aromatic ring is 1.